The van der Waals surface area contributed by atoms with Crippen molar-refractivity contribution < 1.29 is 53.5 Å². The molecule has 4 unspecified atom stereocenters. The van der Waals surface area contributed by atoms with Gasteiger partial charge in [0.15, 0.2) is 11.8 Å². The second-order valence-electron chi connectivity index (χ2n) is 9.06. The Morgan fingerprint density at radius 3 is 2.08 bits per heavy atom. The van der Waals surface area contributed by atoms with Gasteiger partial charge in [-0.1, -0.05) is 20.4 Å². The van der Waals surface area contributed by atoms with Crippen molar-refractivity contribution >= 4 is 47.2 Å². The van der Waals surface area contributed by atoms with Gasteiger partial charge in [-0.25, -0.2) is 4.79 Å². The summed E-state index contributed by atoms with van der Waals surface area (Å²) in [7, 11) is 0. The van der Waals surface area contributed by atoms with Crippen LogP contribution in [0.25, 0.3) is 0 Å². The molecule has 14 nitrogen and oxygen atoms in total. The maximum Gasteiger partial charge on any atom is 0.393 e. The van der Waals surface area contributed by atoms with Crippen molar-refractivity contribution in [2.24, 2.45) is 5.92 Å². The van der Waals surface area contributed by atoms with Gasteiger partial charge in [-0.15, -0.1) is 4.58 Å². The molecule has 0 saturated heterocycles. The number of hydrogen-bond donors (Lipinski definition) is 6. The predicted molar refractivity (Wildman–Crippen MR) is 127 cm³/mol. The predicted octanol–water partition coefficient (Wildman–Crippen LogP) is -1.13. The van der Waals surface area contributed by atoms with Crippen molar-refractivity contribution in [3.63, 3.8) is 0 Å². The van der Waals surface area contributed by atoms with Crippen LogP contribution in [0.15, 0.2) is 12.2 Å². The average molecular weight is 526 g/mol. The van der Waals surface area contributed by atoms with Crippen molar-refractivity contribution in [1.82, 2.24) is 16.0 Å². The van der Waals surface area contributed by atoms with Gasteiger partial charge >= 0.3 is 23.7 Å². The van der Waals surface area contributed by atoms with Crippen molar-refractivity contribution in [2.45, 2.75) is 77.5 Å². The Kier molecular flexibility index (Phi) is 11.1. The number of carboxylic acid groups (broad SMARTS) is 2. The first-order valence-electron chi connectivity index (χ1n) is 11.5. The summed E-state index contributed by atoms with van der Waals surface area (Å²) in [4.78, 5) is 84.8. The van der Waals surface area contributed by atoms with Crippen LogP contribution in [-0.2, 0) is 33.6 Å². The van der Waals surface area contributed by atoms with Gasteiger partial charge in [0.2, 0.25) is 17.9 Å². The molecule has 0 aromatic rings. The molecule has 0 spiro atoms. The van der Waals surface area contributed by atoms with Crippen LogP contribution < -0.4 is 16.0 Å². The lowest BCUT2D eigenvalue weighted by atomic mass is 9.99. The van der Waals surface area contributed by atoms with Gasteiger partial charge in [0.05, 0.1) is 12.8 Å². The number of carbonyl (C=O) groups is 7. The van der Waals surface area contributed by atoms with Gasteiger partial charge in [-0.3, -0.25) is 28.8 Å². The summed E-state index contributed by atoms with van der Waals surface area (Å²) >= 11 is 0. The van der Waals surface area contributed by atoms with Crippen molar-refractivity contribution in [3.8, 4) is 0 Å². The maximum atomic E-state index is 13.2. The highest BCUT2D eigenvalue weighted by atomic mass is 16.4. The van der Waals surface area contributed by atoms with E-state index in [-0.39, 0.29) is 12.0 Å². The molecule has 0 bridgehead atoms. The number of amides is 4. The third kappa shape index (κ3) is 8.81. The van der Waals surface area contributed by atoms with Crippen molar-refractivity contribution in [3.05, 3.63) is 12.2 Å². The summed E-state index contributed by atoms with van der Waals surface area (Å²) < 4.78 is 0.687. The highest BCUT2D eigenvalue weighted by Crippen LogP contribution is 2.15. The number of nitrogens with zero attached hydrogens (tertiary/aromatic N) is 1. The molecule has 1 heterocycles. The summed E-state index contributed by atoms with van der Waals surface area (Å²) in [6.07, 6.45) is -2.08. The SMILES string of the molecule is C=C(C)C(=O)C(CC(=O)O)NC(=O)C(NC(=O)C(CCC(=O)O)[N+]1=C(O)C(NC(C)=O)CC1=O)C(C)C. The largest absolute Gasteiger partial charge is 0.481 e. The van der Waals surface area contributed by atoms with Crippen LogP contribution in [0, 0.1) is 5.92 Å². The monoisotopic (exact) mass is 525 g/mol. The third-order valence-electron chi connectivity index (χ3n) is 5.51. The summed E-state index contributed by atoms with van der Waals surface area (Å²) in [5, 5.41) is 35.8. The third-order valence-corrected chi connectivity index (χ3v) is 5.51. The second kappa shape index (κ2) is 13.3. The molecule has 1 aliphatic rings. The van der Waals surface area contributed by atoms with Gasteiger partial charge in [0.25, 0.3) is 5.91 Å². The normalized spacial score (nSPS) is 17.5. The molecule has 0 radical (unpaired) electrons. The molecule has 204 valence electrons. The van der Waals surface area contributed by atoms with E-state index < -0.39 is 96.6 Å². The Hall–Kier alpha value is -4.10. The minimum absolute atomic E-state index is 0.0118. The van der Waals surface area contributed by atoms with E-state index in [0.29, 0.717) is 4.58 Å². The molecule has 0 aromatic carbocycles. The standard InChI is InChI=1S/C23H32N4O10/c1-10(2)19(22(36)25-13(9-18(32)33)20(34)11(3)4)26-21(35)15(6-7-17(30)31)27-16(29)8-14(23(27)37)24-12(5)28/h10,13-15,19H,3,6-9H2,1-2,4-5H3,(H5,24,25,26,28,30,31,32,33,35,36)/p+1. The van der Waals surface area contributed by atoms with E-state index in [0.717, 1.165) is 6.92 Å². The van der Waals surface area contributed by atoms with E-state index in [2.05, 4.69) is 22.5 Å². The van der Waals surface area contributed by atoms with Crippen LogP contribution in [-0.4, -0.2) is 91.3 Å². The zero-order valence-corrected chi connectivity index (χ0v) is 21.1. The molecule has 0 aliphatic carbocycles. The van der Waals surface area contributed by atoms with E-state index in [4.69, 9.17) is 10.2 Å². The van der Waals surface area contributed by atoms with Crippen LogP contribution in [0.1, 0.15) is 53.4 Å². The lowest BCUT2D eigenvalue weighted by molar-refractivity contribution is -0.478. The Morgan fingerprint density at radius 2 is 1.62 bits per heavy atom. The van der Waals surface area contributed by atoms with Gasteiger partial charge < -0.3 is 31.3 Å². The maximum absolute atomic E-state index is 13.2. The second-order valence-corrected chi connectivity index (χ2v) is 9.06. The zero-order valence-electron chi connectivity index (χ0n) is 21.1. The van der Waals surface area contributed by atoms with Gasteiger partial charge in [-0.05, 0) is 18.4 Å². The van der Waals surface area contributed by atoms with Crippen LogP contribution in [0.5, 0.6) is 0 Å². The molecule has 14 heteroatoms. The highest BCUT2D eigenvalue weighted by Gasteiger charge is 2.48. The molecular formula is C23H33N4O10+. The Labute approximate surface area is 212 Å². The average Bonchev–Trinajstić information content (AvgIpc) is 3.02. The summed E-state index contributed by atoms with van der Waals surface area (Å²) in [6.45, 7) is 9.08. The zero-order chi connectivity index (χ0) is 28.6. The van der Waals surface area contributed by atoms with Gasteiger partial charge in [0.1, 0.15) is 18.5 Å². The first kappa shape index (κ1) is 30.9. The number of ketones is 1. The first-order valence-corrected chi connectivity index (χ1v) is 11.5. The van der Waals surface area contributed by atoms with Crippen molar-refractivity contribution in [1.29, 1.82) is 0 Å². The number of nitrogens with one attached hydrogen (secondary N) is 3. The minimum atomic E-state index is -1.54. The number of carboxylic acids is 2. The van der Waals surface area contributed by atoms with Gasteiger partial charge in [-0.2, -0.15) is 0 Å². The summed E-state index contributed by atoms with van der Waals surface area (Å²) in [5.74, 6) is -7.75. The number of carbonyl (C=O) groups excluding carboxylic acids is 5. The fraction of sp³-hybridized carbons (Fsp3) is 0.565. The number of aliphatic hydroxyl groups excluding tert-OH is 1. The quantitative estimate of drug-likeness (QED) is 0.118. The summed E-state index contributed by atoms with van der Waals surface area (Å²) in [5.41, 5.74) is 0.0118. The number of Topliss-reactive ketones (excluding diaryl/α,β-unsaturated/α-hetero) is 1. The van der Waals surface area contributed by atoms with Crippen molar-refractivity contribution in [2.75, 3.05) is 0 Å². The molecule has 1 rings (SSSR count). The Balaban J connectivity index is 3.27. The Morgan fingerprint density at radius 1 is 1.03 bits per heavy atom. The molecule has 1 aliphatic heterocycles. The fourth-order valence-electron chi connectivity index (χ4n) is 3.72. The molecule has 37 heavy (non-hydrogen) atoms. The van der Waals surface area contributed by atoms with E-state index >= 15 is 0 Å². The number of hydrogen-bond acceptors (Lipinski definition) is 7. The molecule has 4 atom stereocenters. The summed E-state index contributed by atoms with van der Waals surface area (Å²) in [6, 6.07) is -5.41. The Bertz CT molecular complexity index is 1030. The molecule has 0 fully saturated rings. The van der Waals surface area contributed by atoms with E-state index in [1.165, 1.54) is 6.92 Å². The van der Waals surface area contributed by atoms with Crippen LogP contribution in [0.3, 0.4) is 0 Å². The first-order chi connectivity index (χ1) is 17.1. The molecular weight excluding hydrogens is 492 g/mol. The van der Waals surface area contributed by atoms with E-state index in [1.807, 2.05) is 0 Å². The van der Waals surface area contributed by atoms with E-state index in [9.17, 15) is 38.7 Å². The lowest BCUT2D eigenvalue weighted by Gasteiger charge is -2.25. The number of aliphatic hydroxyl groups is 1. The molecule has 4 amide bonds. The topological polar surface area (TPSA) is 219 Å². The molecule has 0 aromatic heterocycles. The van der Waals surface area contributed by atoms with E-state index in [1.54, 1.807) is 13.8 Å². The minimum Gasteiger partial charge on any atom is -0.481 e. The number of aliphatic carboxylic acids is 2. The van der Waals surface area contributed by atoms with Gasteiger partial charge in [0, 0.05) is 13.3 Å². The highest BCUT2D eigenvalue weighted by molar-refractivity contribution is 6.03. The number of rotatable bonds is 14. The van der Waals surface area contributed by atoms with Crippen LogP contribution in [0.2, 0.25) is 0 Å². The van der Waals surface area contributed by atoms with Crippen LogP contribution in [0.4, 0.5) is 0 Å². The smallest absolute Gasteiger partial charge is 0.393 e. The molecule has 6 N–H and O–H groups in total. The molecule has 0 saturated carbocycles. The lowest BCUT2D eigenvalue weighted by Crippen LogP contribution is -2.57. The van der Waals surface area contributed by atoms with Crippen LogP contribution >= 0.6 is 0 Å². The fourth-order valence-corrected chi connectivity index (χ4v) is 3.72.